The fourth-order valence-corrected chi connectivity index (χ4v) is 3.81. The van der Waals surface area contributed by atoms with Crippen LogP contribution in [0.2, 0.25) is 0 Å². The van der Waals surface area contributed by atoms with Crippen LogP contribution in [0.25, 0.3) is 11.0 Å². The average molecular weight is 503 g/mol. The van der Waals surface area contributed by atoms with E-state index in [9.17, 15) is 14.4 Å². The summed E-state index contributed by atoms with van der Waals surface area (Å²) in [5, 5.41) is 9.69. The van der Waals surface area contributed by atoms with Gasteiger partial charge in [-0.3, -0.25) is 4.79 Å². The van der Waals surface area contributed by atoms with Crippen molar-refractivity contribution in [2.45, 2.75) is 38.9 Å². The molecule has 3 aromatic carbocycles. The Morgan fingerprint density at radius 1 is 0.973 bits per heavy atom. The summed E-state index contributed by atoms with van der Waals surface area (Å²) in [6.45, 7) is 5.00. The molecular weight excluding hydrogens is 476 g/mol. The number of phenols is 1. The number of carbonyl (C=O) groups excluding carboxylic acids is 2. The van der Waals surface area contributed by atoms with Gasteiger partial charge in [0.25, 0.3) is 0 Å². The number of fused-ring (bicyclic) bond motifs is 2. The molecule has 0 radical (unpaired) electrons. The van der Waals surface area contributed by atoms with E-state index < -0.39 is 11.2 Å². The zero-order chi connectivity index (χ0) is 26.6. The Bertz CT molecular complexity index is 1470. The lowest BCUT2D eigenvalue weighted by molar-refractivity contribution is -0.131. The Hall–Kier alpha value is -4.59. The van der Waals surface area contributed by atoms with Gasteiger partial charge < -0.3 is 23.7 Å². The summed E-state index contributed by atoms with van der Waals surface area (Å²) in [6, 6.07) is 21.6. The zero-order valence-corrected chi connectivity index (χ0v) is 20.6. The van der Waals surface area contributed by atoms with Crippen LogP contribution in [-0.4, -0.2) is 28.8 Å². The molecule has 0 saturated carbocycles. The first-order chi connectivity index (χ1) is 17.6. The second-order valence-corrected chi connectivity index (χ2v) is 9.01. The molecule has 0 aliphatic carbocycles. The lowest BCUT2D eigenvalue weighted by atomic mass is 9.96. The third kappa shape index (κ3) is 6.35. The van der Waals surface area contributed by atoms with Gasteiger partial charge in [0.15, 0.2) is 0 Å². The van der Waals surface area contributed by atoms with Crippen molar-refractivity contribution in [1.82, 2.24) is 0 Å². The fourth-order valence-electron chi connectivity index (χ4n) is 3.81. The van der Waals surface area contributed by atoms with E-state index in [2.05, 4.69) is 0 Å². The van der Waals surface area contributed by atoms with Crippen molar-refractivity contribution in [3.8, 4) is 17.2 Å². The van der Waals surface area contributed by atoms with E-state index in [1.165, 1.54) is 37.3 Å². The summed E-state index contributed by atoms with van der Waals surface area (Å²) < 4.78 is 21.7. The molecule has 0 bridgehead atoms. The number of ether oxygens (including phenoxy) is 3. The first kappa shape index (κ1) is 25.5. The van der Waals surface area contributed by atoms with E-state index in [-0.39, 0.29) is 23.8 Å². The van der Waals surface area contributed by atoms with Gasteiger partial charge in [0, 0.05) is 30.9 Å². The minimum atomic E-state index is -0.820. The first-order valence-electron chi connectivity index (χ1n) is 11.6. The normalized spacial score (nSPS) is 14.1. The molecule has 4 aromatic rings. The van der Waals surface area contributed by atoms with Crippen molar-refractivity contribution in [2.75, 3.05) is 0 Å². The molecule has 1 aromatic heterocycles. The highest BCUT2D eigenvalue weighted by molar-refractivity contribution is 5.89. The highest BCUT2D eigenvalue weighted by Gasteiger charge is 2.40. The molecule has 37 heavy (non-hydrogen) atoms. The van der Waals surface area contributed by atoms with Crippen molar-refractivity contribution in [2.24, 2.45) is 0 Å². The minimum Gasteiger partial charge on any atom is -0.508 e. The summed E-state index contributed by atoms with van der Waals surface area (Å²) in [7, 11) is 0. The van der Waals surface area contributed by atoms with E-state index in [0.29, 0.717) is 29.1 Å². The number of carbonyl (C=O) groups is 2. The zero-order valence-electron chi connectivity index (χ0n) is 20.6. The topological polar surface area (TPSA) is 112 Å². The number of esters is 2. The van der Waals surface area contributed by atoms with Crippen molar-refractivity contribution < 1.29 is 33.3 Å². The third-order valence-electron chi connectivity index (χ3n) is 5.72. The molecule has 1 aliphatic rings. The van der Waals surface area contributed by atoms with Crippen LogP contribution in [0, 0.1) is 0 Å². The predicted molar refractivity (Wildman–Crippen MR) is 136 cm³/mol. The Morgan fingerprint density at radius 3 is 2.35 bits per heavy atom. The van der Waals surface area contributed by atoms with Crippen LogP contribution in [0.3, 0.4) is 0 Å². The third-order valence-corrected chi connectivity index (χ3v) is 5.72. The van der Waals surface area contributed by atoms with Crippen LogP contribution < -0.4 is 15.1 Å². The molecule has 190 valence electrons. The fraction of sp³-hybridized carbons (Fsp3) is 0.207. The number of benzene rings is 3. The Kier molecular flexibility index (Phi) is 7.29. The highest BCUT2D eigenvalue weighted by atomic mass is 16.6. The second-order valence-electron chi connectivity index (χ2n) is 9.01. The van der Waals surface area contributed by atoms with E-state index >= 15 is 0 Å². The van der Waals surface area contributed by atoms with E-state index in [4.69, 9.17) is 23.7 Å². The number of hydrogen-bond acceptors (Lipinski definition) is 8. The van der Waals surface area contributed by atoms with E-state index in [0.717, 1.165) is 10.9 Å². The van der Waals surface area contributed by atoms with E-state index in [1.807, 2.05) is 26.0 Å². The van der Waals surface area contributed by atoms with Gasteiger partial charge >= 0.3 is 17.6 Å². The standard InChI is InChI=1S/C21H18O5.C8H8O3/c1-21(2,26-20(23)13-6-4-3-5-7-13)18-11-15-10-14-8-9-19(22)25-16(14)12-17(15)24-18;1-6(9)11-8-4-2-7(10)3-5-8/h3-10,12,18H,11H2,1-2H3;2-5,10H,1H3. The summed E-state index contributed by atoms with van der Waals surface area (Å²) in [5.41, 5.74) is 0.766. The monoisotopic (exact) mass is 502 g/mol. The number of phenolic OH excluding ortho intramolecular Hbond substituents is 1. The molecule has 1 atom stereocenters. The maximum absolute atomic E-state index is 12.4. The van der Waals surface area contributed by atoms with Crippen molar-refractivity contribution in [3.05, 3.63) is 100 Å². The summed E-state index contributed by atoms with van der Waals surface area (Å²) >= 11 is 0. The molecule has 8 nitrogen and oxygen atoms in total. The van der Waals surface area contributed by atoms with Gasteiger partial charge in [-0.1, -0.05) is 18.2 Å². The molecule has 0 spiro atoms. The van der Waals surface area contributed by atoms with Gasteiger partial charge in [-0.2, -0.15) is 0 Å². The SMILES string of the molecule is CC(=O)Oc1ccc(O)cc1.CC(C)(OC(=O)c1ccccc1)C1Cc2cc3ccc(=O)oc3cc2O1. The van der Waals surface area contributed by atoms with Crippen LogP contribution in [0.15, 0.2) is 88.1 Å². The molecule has 1 aliphatic heterocycles. The minimum absolute atomic E-state index is 0.154. The van der Waals surface area contributed by atoms with Gasteiger partial charge in [-0.15, -0.1) is 0 Å². The molecule has 1 N–H and O–H groups in total. The van der Waals surface area contributed by atoms with Crippen LogP contribution >= 0.6 is 0 Å². The van der Waals surface area contributed by atoms with Gasteiger partial charge in [-0.05, 0) is 67.9 Å². The van der Waals surface area contributed by atoms with Gasteiger partial charge in [-0.25, -0.2) is 9.59 Å². The average Bonchev–Trinajstić information content (AvgIpc) is 3.28. The summed E-state index contributed by atoms with van der Waals surface area (Å²) in [4.78, 5) is 34.2. The molecule has 5 rings (SSSR count). The summed E-state index contributed by atoms with van der Waals surface area (Å²) in [5.74, 6) is 0.499. The quantitative estimate of drug-likeness (QED) is 0.234. The van der Waals surface area contributed by atoms with Crippen LogP contribution in [0.1, 0.15) is 36.7 Å². The summed E-state index contributed by atoms with van der Waals surface area (Å²) in [6.07, 6.45) is 0.285. The second kappa shape index (κ2) is 10.6. The molecule has 0 saturated heterocycles. The number of rotatable bonds is 4. The number of hydrogen-bond donors (Lipinski definition) is 1. The molecule has 2 heterocycles. The Labute approximate surface area is 213 Å². The maximum Gasteiger partial charge on any atom is 0.338 e. The lowest BCUT2D eigenvalue weighted by Gasteiger charge is -2.30. The number of aromatic hydroxyl groups is 1. The molecule has 8 heteroatoms. The lowest BCUT2D eigenvalue weighted by Crippen LogP contribution is -2.43. The highest BCUT2D eigenvalue weighted by Crippen LogP contribution is 2.37. The molecular formula is C29H26O8. The van der Waals surface area contributed by atoms with Crippen molar-refractivity contribution >= 4 is 22.9 Å². The van der Waals surface area contributed by atoms with Gasteiger partial charge in [0.2, 0.25) is 0 Å². The van der Waals surface area contributed by atoms with Crippen molar-refractivity contribution in [1.29, 1.82) is 0 Å². The molecule has 1 unspecified atom stereocenters. The molecule has 0 amide bonds. The maximum atomic E-state index is 12.4. The van der Waals surface area contributed by atoms with Crippen LogP contribution in [0.4, 0.5) is 0 Å². The predicted octanol–water partition coefficient (Wildman–Crippen LogP) is 5.05. The Balaban J connectivity index is 0.000000245. The smallest absolute Gasteiger partial charge is 0.338 e. The van der Waals surface area contributed by atoms with Gasteiger partial charge in [0.1, 0.15) is 34.5 Å². The van der Waals surface area contributed by atoms with Crippen molar-refractivity contribution in [3.63, 3.8) is 0 Å². The van der Waals surface area contributed by atoms with E-state index in [1.54, 1.807) is 36.4 Å². The first-order valence-corrected chi connectivity index (χ1v) is 11.6. The van der Waals surface area contributed by atoms with Gasteiger partial charge in [0.05, 0.1) is 5.56 Å². The van der Waals surface area contributed by atoms with Crippen LogP contribution in [0.5, 0.6) is 17.2 Å². The largest absolute Gasteiger partial charge is 0.508 e. The Morgan fingerprint density at radius 2 is 1.68 bits per heavy atom. The van der Waals surface area contributed by atoms with Crippen LogP contribution in [-0.2, 0) is 16.0 Å². The molecule has 0 fully saturated rings.